The van der Waals surface area contributed by atoms with E-state index in [2.05, 4.69) is 21.2 Å². The minimum atomic E-state index is -0.691. The number of esters is 1. The number of hydrogen-bond acceptors (Lipinski definition) is 7. The first kappa shape index (κ1) is 26.9. The SMILES string of the molecule is COc1ccc(OC)c(NC(=O)c2ccc(N3CC(C(=O)OCC(=O)c4ccc(Br)cc4)CC3=O)cc2)c1. The number of benzene rings is 3. The molecule has 0 saturated carbocycles. The third-order valence-electron chi connectivity index (χ3n) is 6.07. The number of anilines is 2. The zero-order valence-corrected chi connectivity index (χ0v) is 22.3. The molecule has 38 heavy (non-hydrogen) atoms. The van der Waals surface area contributed by atoms with Crippen LogP contribution in [-0.4, -0.2) is 50.9 Å². The summed E-state index contributed by atoms with van der Waals surface area (Å²) in [5.41, 5.74) is 1.80. The molecule has 1 heterocycles. The van der Waals surface area contributed by atoms with E-state index >= 15 is 0 Å². The second-order valence-corrected chi connectivity index (χ2v) is 9.43. The molecule has 1 fully saturated rings. The normalized spacial score (nSPS) is 14.7. The van der Waals surface area contributed by atoms with E-state index in [1.807, 2.05) is 0 Å². The van der Waals surface area contributed by atoms with Crippen molar-refractivity contribution in [2.75, 3.05) is 37.6 Å². The van der Waals surface area contributed by atoms with Crippen molar-refractivity contribution in [3.8, 4) is 11.5 Å². The Morgan fingerprint density at radius 2 is 1.63 bits per heavy atom. The zero-order chi connectivity index (χ0) is 27.2. The Hall–Kier alpha value is -4.18. The third-order valence-corrected chi connectivity index (χ3v) is 6.59. The number of amides is 2. The van der Waals surface area contributed by atoms with Gasteiger partial charge in [-0.1, -0.05) is 28.1 Å². The first-order valence-corrected chi connectivity index (χ1v) is 12.5. The lowest BCUT2D eigenvalue weighted by atomic mass is 10.1. The number of nitrogens with zero attached hydrogens (tertiary/aromatic N) is 1. The van der Waals surface area contributed by atoms with Crippen LogP contribution in [0.2, 0.25) is 0 Å². The van der Waals surface area contributed by atoms with Crippen molar-refractivity contribution in [3.63, 3.8) is 0 Å². The number of Topliss-reactive ketones (excluding diaryl/α,β-unsaturated/α-hetero) is 1. The summed E-state index contributed by atoms with van der Waals surface area (Å²) in [5.74, 6) is -1.19. The third kappa shape index (κ3) is 6.20. The molecule has 1 saturated heterocycles. The van der Waals surface area contributed by atoms with Crippen LogP contribution in [0, 0.1) is 5.92 Å². The quantitative estimate of drug-likeness (QED) is 0.293. The molecule has 1 unspecified atom stereocenters. The van der Waals surface area contributed by atoms with Gasteiger partial charge in [-0.05, 0) is 48.5 Å². The van der Waals surface area contributed by atoms with E-state index in [1.54, 1.807) is 66.7 Å². The van der Waals surface area contributed by atoms with Gasteiger partial charge >= 0.3 is 5.97 Å². The summed E-state index contributed by atoms with van der Waals surface area (Å²) in [6.07, 6.45) is -0.0246. The first-order chi connectivity index (χ1) is 18.3. The van der Waals surface area contributed by atoms with Gasteiger partial charge in [-0.2, -0.15) is 0 Å². The van der Waals surface area contributed by atoms with E-state index in [9.17, 15) is 19.2 Å². The molecule has 3 aromatic carbocycles. The second kappa shape index (κ2) is 11.9. The number of rotatable bonds is 9. The molecule has 196 valence electrons. The van der Waals surface area contributed by atoms with Gasteiger partial charge in [0.15, 0.2) is 12.4 Å². The Bertz CT molecular complexity index is 1360. The molecule has 4 rings (SSSR count). The topological polar surface area (TPSA) is 111 Å². The summed E-state index contributed by atoms with van der Waals surface area (Å²) in [5, 5.41) is 2.79. The van der Waals surface area contributed by atoms with Crippen LogP contribution in [0.15, 0.2) is 71.2 Å². The summed E-state index contributed by atoms with van der Waals surface area (Å²) in [6.45, 7) is -0.274. The molecule has 0 radical (unpaired) electrons. The van der Waals surface area contributed by atoms with Crippen molar-refractivity contribution in [1.29, 1.82) is 0 Å². The fraction of sp³-hybridized carbons (Fsp3) is 0.214. The fourth-order valence-electron chi connectivity index (χ4n) is 3.99. The molecule has 9 nitrogen and oxygen atoms in total. The number of ether oxygens (including phenoxy) is 3. The highest BCUT2D eigenvalue weighted by Gasteiger charge is 2.36. The zero-order valence-electron chi connectivity index (χ0n) is 20.7. The highest BCUT2D eigenvalue weighted by Crippen LogP contribution is 2.30. The Balaban J connectivity index is 1.35. The van der Waals surface area contributed by atoms with Crippen molar-refractivity contribution < 1.29 is 33.4 Å². The van der Waals surface area contributed by atoms with Crippen LogP contribution < -0.4 is 19.7 Å². The standard InChI is InChI=1S/C28H25BrN2O7/c1-36-22-11-12-25(37-2)23(14-22)30-27(34)18-5-9-21(10-6-18)31-15-19(13-26(31)33)28(35)38-16-24(32)17-3-7-20(29)8-4-17/h3-12,14,19H,13,15-16H2,1-2H3,(H,30,34). The molecule has 1 aliphatic heterocycles. The Kier molecular flexibility index (Phi) is 8.42. The first-order valence-electron chi connectivity index (χ1n) is 11.7. The molecule has 0 bridgehead atoms. The maximum absolute atomic E-state index is 12.8. The highest BCUT2D eigenvalue weighted by atomic mass is 79.9. The molecular weight excluding hydrogens is 556 g/mol. The van der Waals surface area contributed by atoms with E-state index in [0.29, 0.717) is 34.0 Å². The van der Waals surface area contributed by atoms with Crippen molar-refractivity contribution in [2.24, 2.45) is 5.92 Å². The van der Waals surface area contributed by atoms with Crippen molar-refractivity contribution in [2.45, 2.75) is 6.42 Å². The average Bonchev–Trinajstić information content (AvgIpc) is 3.33. The van der Waals surface area contributed by atoms with Crippen molar-refractivity contribution in [1.82, 2.24) is 0 Å². The van der Waals surface area contributed by atoms with E-state index < -0.39 is 18.5 Å². The number of carbonyl (C=O) groups is 4. The summed E-state index contributed by atoms with van der Waals surface area (Å²) in [7, 11) is 3.03. The number of ketones is 1. The molecule has 0 aliphatic carbocycles. The van der Waals surface area contributed by atoms with E-state index in [4.69, 9.17) is 14.2 Å². The fourth-order valence-corrected chi connectivity index (χ4v) is 4.25. The lowest BCUT2D eigenvalue weighted by molar-refractivity contribution is -0.147. The number of halogens is 1. The Morgan fingerprint density at radius 1 is 0.947 bits per heavy atom. The number of hydrogen-bond donors (Lipinski definition) is 1. The maximum atomic E-state index is 12.8. The molecule has 1 aliphatic rings. The largest absolute Gasteiger partial charge is 0.497 e. The highest BCUT2D eigenvalue weighted by molar-refractivity contribution is 9.10. The summed E-state index contributed by atoms with van der Waals surface area (Å²) in [4.78, 5) is 51.7. The smallest absolute Gasteiger partial charge is 0.311 e. The lowest BCUT2D eigenvalue weighted by Crippen LogP contribution is -2.27. The van der Waals surface area contributed by atoms with Crippen LogP contribution in [0.5, 0.6) is 11.5 Å². The van der Waals surface area contributed by atoms with Gasteiger partial charge in [-0.25, -0.2) is 0 Å². The van der Waals surface area contributed by atoms with Gasteiger partial charge in [0.05, 0.1) is 25.8 Å². The summed E-state index contributed by atoms with van der Waals surface area (Å²) >= 11 is 3.30. The molecule has 1 N–H and O–H groups in total. The van der Waals surface area contributed by atoms with Crippen molar-refractivity contribution >= 4 is 50.9 Å². The van der Waals surface area contributed by atoms with Gasteiger partial charge in [-0.15, -0.1) is 0 Å². The van der Waals surface area contributed by atoms with E-state index in [0.717, 1.165) is 4.47 Å². The molecule has 2 amide bonds. The van der Waals surface area contributed by atoms with Crippen LogP contribution in [0.4, 0.5) is 11.4 Å². The maximum Gasteiger partial charge on any atom is 0.311 e. The number of carbonyl (C=O) groups excluding carboxylic acids is 4. The van der Waals surface area contributed by atoms with Crippen LogP contribution in [0.3, 0.4) is 0 Å². The predicted octanol–water partition coefficient (Wildman–Crippen LogP) is 4.50. The Labute approximate surface area is 227 Å². The van der Waals surface area contributed by atoms with Gasteiger partial charge < -0.3 is 24.4 Å². The van der Waals surface area contributed by atoms with E-state index in [1.165, 1.54) is 19.1 Å². The molecule has 1 atom stereocenters. The van der Waals surface area contributed by atoms with Gasteiger partial charge in [-0.3, -0.25) is 19.2 Å². The molecule has 0 spiro atoms. The number of nitrogens with one attached hydrogen (secondary N) is 1. The molecule has 3 aromatic rings. The van der Waals surface area contributed by atoms with Gasteiger partial charge in [0.25, 0.3) is 5.91 Å². The molecule has 0 aromatic heterocycles. The van der Waals surface area contributed by atoms with Crippen molar-refractivity contribution in [3.05, 3.63) is 82.3 Å². The monoisotopic (exact) mass is 580 g/mol. The summed E-state index contributed by atoms with van der Waals surface area (Å²) in [6, 6.07) is 18.3. The van der Waals surface area contributed by atoms with Crippen LogP contribution in [-0.2, 0) is 14.3 Å². The predicted molar refractivity (Wildman–Crippen MR) is 144 cm³/mol. The van der Waals surface area contributed by atoms with Gasteiger partial charge in [0, 0.05) is 40.3 Å². The number of methoxy groups -OCH3 is 2. The average molecular weight is 581 g/mol. The van der Waals surface area contributed by atoms with E-state index in [-0.39, 0.29) is 30.6 Å². The Morgan fingerprint density at radius 3 is 2.29 bits per heavy atom. The van der Waals surface area contributed by atoms with Gasteiger partial charge in [0.2, 0.25) is 5.91 Å². The van der Waals surface area contributed by atoms with Crippen LogP contribution in [0.1, 0.15) is 27.1 Å². The minimum Gasteiger partial charge on any atom is -0.497 e. The van der Waals surface area contributed by atoms with Gasteiger partial charge in [0.1, 0.15) is 11.5 Å². The lowest BCUT2D eigenvalue weighted by Gasteiger charge is -2.17. The van der Waals surface area contributed by atoms with Crippen LogP contribution in [0.25, 0.3) is 0 Å². The summed E-state index contributed by atoms with van der Waals surface area (Å²) < 4.78 is 16.5. The molecular formula is C28H25BrN2O7. The second-order valence-electron chi connectivity index (χ2n) is 8.51. The van der Waals surface area contributed by atoms with Crippen LogP contribution >= 0.6 is 15.9 Å². The molecule has 10 heteroatoms. The minimum absolute atomic E-state index is 0.0246.